The van der Waals surface area contributed by atoms with Gasteiger partial charge >= 0.3 is 11.4 Å². The Hall–Kier alpha value is -2.04. The van der Waals surface area contributed by atoms with Gasteiger partial charge in [0.1, 0.15) is 0 Å². The van der Waals surface area contributed by atoms with Crippen LogP contribution in [0.15, 0.2) is 27.8 Å². The first-order valence-electron chi connectivity index (χ1n) is 6.78. The van der Waals surface area contributed by atoms with Crippen LogP contribution in [0.3, 0.4) is 0 Å². The number of benzene rings is 1. The van der Waals surface area contributed by atoms with Gasteiger partial charge in [0.25, 0.3) is 0 Å². The molecule has 0 amide bonds. The fraction of sp³-hybridized carbons (Fsp3) is 0.467. The maximum Gasteiger partial charge on any atom is 0.351 e. The quantitative estimate of drug-likeness (QED) is 0.929. The molecule has 0 spiro atoms. The molecule has 1 N–H and O–H groups in total. The number of nitrogens with one attached hydrogen (secondary N) is 1. The molecule has 0 saturated carbocycles. The van der Waals surface area contributed by atoms with Gasteiger partial charge in [0.2, 0.25) is 0 Å². The second kappa shape index (κ2) is 4.81. The molecule has 1 heterocycles. The molecule has 0 saturated heterocycles. The normalized spacial score (nSPS) is 11.8. The first-order chi connectivity index (χ1) is 9.29. The van der Waals surface area contributed by atoms with Gasteiger partial charge in [-0.2, -0.15) is 0 Å². The van der Waals surface area contributed by atoms with Crippen LogP contribution in [0.4, 0.5) is 0 Å². The molecule has 1 aromatic heterocycles. The largest absolute Gasteiger partial charge is 0.351 e. The second-order valence-corrected chi connectivity index (χ2v) is 5.80. The summed E-state index contributed by atoms with van der Waals surface area (Å²) in [6.07, 6.45) is 0.920. The predicted molar refractivity (Wildman–Crippen MR) is 79.7 cm³/mol. The maximum absolute atomic E-state index is 12.2. The van der Waals surface area contributed by atoms with Gasteiger partial charge in [-0.15, -0.1) is 0 Å². The summed E-state index contributed by atoms with van der Waals surface area (Å²) in [4.78, 5) is 24.3. The molecule has 1 aromatic carbocycles. The van der Waals surface area contributed by atoms with Crippen molar-refractivity contribution in [3.8, 4) is 5.69 Å². The minimum atomic E-state index is -0.403. The fourth-order valence-corrected chi connectivity index (χ4v) is 2.37. The summed E-state index contributed by atoms with van der Waals surface area (Å²) in [5, 5.41) is 2.51. The molecule has 0 bridgehead atoms. The number of hydrogen-bond acceptors (Lipinski definition) is 2. The molecule has 0 atom stereocenters. The van der Waals surface area contributed by atoms with Gasteiger partial charge in [0, 0.05) is 7.05 Å². The first kappa shape index (κ1) is 14.4. The lowest BCUT2D eigenvalue weighted by molar-refractivity contribution is 0.502. The van der Waals surface area contributed by atoms with Gasteiger partial charge in [0.15, 0.2) is 0 Å². The third-order valence-corrected chi connectivity index (χ3v) is 4.02. The monoisotopic (exact) mass is 275 g/mol. The molecule has 0 aliphatic rings. The predicted octanol–water partition coefficient (Wildman–Crippen LogP) is 1.86. The molecule has 20 heavy (non-hydrogen) atoms. The minimum absolute atomic E-state index is 0.108. The van der Waals surface area contributed by atoms with E-state index in [-0.39, 0.29) is 11.1 Å². The van der Waals surface area contributed by atoms with E-state index in [9.17, 15) is 9.59 Å². The molecule has 2 rings (SSSR count). The zero-order chi connectivity index (χ0) is 15.1. The highest BCUT2D eigenvalue weighted by Gasteiger charge is 2.25. The van der Waals surface area contributed by atoms with E-state index in [1.54, 1.807) is 7.05 Å². The number of rotatable bonds is 3. The zero-order valence-corrected chi connectivity index (χ0v) is 12.7. The van der Waals surface area contributed by atoms with Crippen molar-refractivity contribution in [1.29, 1.82) is 0 Å². The molecule has 0 aliphatic carbocycles. The SMILES string of the molecule is CCC(C)(C)c1cccc(C)c1-n1c(=O)[nH]n(C)c1=O. The molecule has 0 fully saturated rings. The molecule has 5 heteroatoms. The van der Waals surface area contributed by atoms with Crippen molar-refractivity contribution in [2.24, 2.45) is 7.05 Å². The Labute approximate surface area is 117 Å². The summed E-state index contributed by atoms with van der Waals surface area (Å²) >= 11 is 0. The van der Waals surface area contributed by atoms with Crippen LogP contribution < -0.4 is 11.4 Å². The van der Waals surface area contributed by atoms with Crippen LogP contribution in [0.25, 0.3) is 5.69 Å². The van der Waals surface area contributed by atoms with Gasteiger partial charge < -0.3 is 0 Å². The van der Waals surface area contributed by atoms with Crippen molar-refractivity contribution in [2.75, 3.05) is 0 Å². The Balaban J connectivity index is 2.88. The average Bonchev–Trinajstić information content (AvgIpc) is 2.64. The second-order valence-electron chi connectivity index (χ2n) is 5.80. The van der Waals surface area contributed by atoms with Crippen LogP contribution in [0, 0.1) is 6.92 Å². The van der Waals surface area contributed by atoms with Crippen molar-refractivity contribution >= 4 is 0 Å². The van der Waals surface area contributed by atoms with E-state index < -0.39 is 5.69 Å². The summed E-state index contributed by atoms with van der Waals surface area (Å²) in [6.45, 7) is 8.26. The number of aromatic nitrogens is 3. The van der Waals surface area contributed by atoms with E-state index in [0.717, 1.165) is 17.5 Å². The summed E-state index contributed by atoms with van der Waals surface area (Å²) in [5.41, 5.74) is 1.77. The van der Waals surface area contributed by atoms with Gasteiger partial charge in [0.05, 0.1) is 5.69 Å². The molecule has 2 aromatic rings. The Morgan fingerprint density at radius 1 is 1.25 bits per heavy atom. The summed E-state index contributed by atoms with van der Waals surface area (Å²) in [7, 11) is 1.54. The van der Waals surface area contributed by atoms with Crippen molar-refractivity contribution < 1.29 is 0 Å². The number of hydrogen-bond donors (Lipinski definition) is 1. The molecule has 0 aliphatic heterocycles. The molecule has 108 valence electrons. The topological polar surface area (TPSA) is 59.8 Å². The van der Waals surface area contributed by atoms with Crippen molar-refractivity contribution in [2.45, 2.75) is 39.5 Å². The van der Waals surface area contributed by atoms with Gasteiger partial charge in [-0.3, -0.25) is 0 Å². The molecule has 0 radical (unpaired) electrons. The summed E-state index contributed by atoms with van der Waals surface area (Å²) in [5.74, 6) is 0. The summed E-state index contributed by atoms with van der Waals surface area (Å²) in [6, 6.07) is 5.88. The van der Waals surface area contributed by atoms with E-state index in [1.165, 1.54) is 9.25 Å². The minimum Gasteiger partial charge on any atom is -0.246 e. The Bertz CT molecular complexity index is 747. The van der Waals surface area contributed by atoms with Crippen molar-refractivity contribution in [3.63, 3.8) is 0 Å². The first-order valence-corrected chi connectivity index (χ1v) is 6.78. The van der Waals surface area contributed by atoms with Gasteiger partial charge in [-0.1, -0.05) is 39.0 Å². The number of H-pyrrole nitrogens is 1. The van der Waals surface area contributed by atoms with Crippen LogP contribution in [0.1, 0.15) is 38.3 Å². The third kappa shape index (κ3) is 2.13. The van der Waals surface area contributed by atoms with E-state index in [4.69, 9.17) is 0 Å². The molecular formula is C15H21N3O2. The van der Waals surface area contributed by atoms with Crippen LogP contribution in [-0.2, 0) is 12.5 Å². The molecule has 5 nitrogen and oxygen atoms in total. The highest BCUT2D eigenvalue weighted by atomic mass is 16.2. The van der Waals surface area contributed by atoms with Crippen LogP contribution in [0.5, 0.6) is 0 Å². The smallest absolute Gasteiger partial charge is 0.246 e. The number of para-hydroxylation sites is 1. The molecular weight excluding hydrogens is 254 g/mol. The van der Waals surface area contributed by atoms with Crippen molar-refractivity contribution in [1.82, 2.24) is 14.3 Å². The van der Waals surface area contributed by atoms with E-state index in [0.29, 0.717) is 5.69 Å². The standard InChI is InChI=1S/C15H21N3O2/c1-6-15(3,4)11-9-7-8-10(2)12(11)18-13(19)16-17(5)14(18)20/h7-9H,6H2,1-5H3,(H,16,19). The Morgan fingerprint density at radius 3 is 2.40 bits per heavy atom. The Kier molecular flexibility index (Phi) is 3.46. The number of aromatic amines is 1. The number of nitrogens with zero attached hydrogens (tertiary/aromatic N) is 2. The lowest BCUT2D eigenvalue weighted by Gasteiger charge is -2.27. The van der Waals surface area contributed by atoms with Crippen molar-refractivity contribution in [3.05, 3.63) is 50.3 Å². The number of aryl methyl sites for hydroxylation is 2. The fourth-order valence-electron chi connectivity index (χ4n) is 2.37. The maximum atomic E-state index is 12.2. The van der Waals surface area contributed by atoms with Gasteiger partial charge in [-0.25, -0.2) is 23.9 Å². The highest BCUT2D eigenvalue weighted by molar-refractivity contribution is 5.50. The van der Waals surface area contributed by atoms with E-state index in [2.05, 4.69) is 25.9 Å². The van der Waals surface area contributed by atoms with Gasteiger partial charge in [-0.05, 0) is 29.9 Å². The lowest BCUT2D eigenvalue weighted by Crippen LogP contribution is -2.30. The van der Waals surface area contributed by atoms with E-state index >= 15 is 0 Å². The molecule has 0 unspecified atom stereocenters. The summed E-state index contributed by atoms with van der Waals surface area (Å²) < 4.78 is 2.43. The van der Waals surface area contributed by atoms with Crippen LogP contribution in [-0.4, -0.2) is 14.3 Å². The van der Waals surface area contributed by atoms with Crippen LogP contribution in [0.2, 0.25) is 0 Å². The van der Waals surface area contributed by atoms with E-state index in [1.807, 2.05) is 25.1 Å². The average molecular weight is 275 g/mol. The zero-order valence-electron chi connectivity index (χ0n) is 12.7. The Morgan fingerprint density at radius 2 is 1.90 bits per heavy atom. The lowest BCUT2D eigenvalue weighted by atomic mass is 9.80. The highest BCUT2D eigenvalue weighted by Crippen LogP contribution is 2.32. The third-order valence-electron chi connectivity index (χ3n) is 4.02. The van der Waals surface area contributed by atoms with Crippen LogP contribution >= 0.6 is 0 Å².